The molecule has 2 N–H and O–H groups in total. The Morgan fingerprint density at radius 1 is 1.14 bits per heavy atom. The molecule has 0 aliphatic carbocycles. The molecule has 112 valence electrons. The minimum absolute atomic E-state index is 0.202. The quantitative estimate of drug-likeness (QED) is 0.879. The summed E-state index contributed by atoms with van der Waals surface area (Å²) in [4.78, 5) is 0. The molecule has 0 saturated heterocycles. The van der Waals surface area contributed by atoms with Crippen LogP contribution in [-0.2, 0) is 11.8 Å². The van der Waals surface area contributed by atoms with Gasteiger partial charge < -0.3 is 10.5 Å². The van der Waals surface area contributed by atoms with Crippen LogP contribution < -0.4 is 10.5 Å². The molecule has 0 aliphatic rings. The standard InChI is InChI=1S/C18H22FNO/c1-3-21-15-8-6-7-14(11-15)12-18(2,13-20)16-9-4-5-10-17(16)19/h4-11H,3,12-13,20H2,1-2H3. The second kappa shape index (κ2) is 6.72. The molecule has 2 nitrogen and oxygen atoms in total. The second-order valence-electron chi connectivity index (χ2n) is 5.50. The Bertz CT molecular complexity index is 599. The van der Waals surface area contributed by atoms with Crippen molar-refractivity contribution in [3.8, 4) is 5.75 Å². The zero-order valence-corrected chi connectivity index (χ0v) is 12.6. The highest BCUT2D eigenvalue weighted by Crippen LogP contribution is 2.30. The molecule has 1 atom stereocenters. The van der Waals surface area contributed by atoms with Crippen LogP contribution in [0.4, 0.5) is 4.39 Å². The van der Waals surface area contributed by atoms with E-state index >= 15 is 0 Å². The van der Waals surface area contributed by atoms with Crippen LogP contribution in [0.15, 0.2) is 48.5 Å². The van der Waals surface area contributed by atoms with E-state index in [1.54, 1.807) is 6.07 Å². The summed E-state index contributed by atoms with van der Waals surface area (Å²) in [7, 11) is 0. The molecule has 0 amide bonds. The Hall–Kier alpha value is -1.87. The average molecular weight is 287 g/mol. The van der Waals surface area contributed by atoms with E-state index in [-0.39, 0.29) is 5.82 Å². The Morgan fingerprint density at radius 2 is 1.90 bits per heavy atom. The van der Waals surface area contributed by atoms with Gasteiger partial charge in [0.25, 0.3) is 0 Å². The van der Waals surface area contributed by atoms with Crippen molar-refractivity contribution >= 4 is 0 Å². The van der Waals surface area contributed by atoms with Crippen LogP contribution in [0.2, 0.25) is 0 Å². The number of ether oxygens (including phenoxy) is 1. The largest absolute Gasteiger partial charge is 0.494 e. The van der Waals surface area contributed by atoms with E-state index in [0.717, 1.165) is 11.3 Å². The highest BCUT2D eigenvalue weighted by molar-refractivity contribution is 5.34. The molecule has 0 aliphatic heterocycles. The predicted octanol–water partition coefficient (Wildman–Crippen LogP) is 3.68. The third-order valence-electron chi connectivity index (χ3n) is 3.78. The van der Waals surface area contributed by atoms with Crippen molar-refractivity contribution in [3.63, 3.8) is 0 Å². The van der Waals surface area contributed by atoms with E-state index in [2.05, 4.69) is 0 Å². The third kappa shape index (κ3) is 3.61. The van der Waals surface area contributed by atoms with Crippen LogP contribution in [0.25, 0.3) is 0 Å². The monoisotopic (exact) mass is 287 g/mol. The second-order valence-corrected chi connectivity index (χ2v) is 5.50. The third-order valence-corrected chi connectivity index (χ3v) is 3.78. The first kappa shape index (κ1) is 15.5. The molecular weight excluding hydrogens is 265 g/mol. The smallest absolute Gasteiger partial charge is 0.127 e. The lowest BCUT2D eigenvalue weighted by atomic mass is 9.77. The number of rotatable bonds is 6. The normalized spacial score (nSPS) is 13.7. The molecule has 0 aromatic heterocycles. The van der Waals surface area contributed by atoms with Crippen molar-refractivity contribution in [1.29, 1.82) is 0 Å². The van der Waals surface area contributed by atoms with Crippen molar-refractivity contribution in [2.75, 3.05) is 13.2 Å². The summed E-state index contributed by atoms with van der Waals surface area (Å²) in [5.74, 6) is 0.634. The first-order chi connectivity index (χ1) is 10.1. The van der Waals surface area contributed by atoms with Gasteiger partial charge in [0.05, 0.1) is 6.61 Å². The number of benzene rings is 2. The number of hydrogen-bond acceptors (Lipinski definition) is 2. The van der Waals surface area contributed by atoms with Gasteiger partial charge in [0.15, 0.2) is 0 Å². The first-order valence-electron chi connectivity index (χ1n) is 7.26. The summed E-state index contributed by atoms with van der Waals surface area (Å²) in [6.07, 6.45) is 0.672. The Morgan fingerprint density at radius 3 is 2.57 bits per heavy atom. The van der Waals surface area contributed by atoms with Crippen molar-refractivity contribution in [3.05, 3.63) is 65.5 Å². The molecule has 2 rings (SSSR count). The van der Waals surface area contributed by atoms with Gasteiger partial charge in [-0.3, -0.25) is 0 Å². The summed E-state index contributed by atoms with van der Waals surface area (Å²) in [5.41, 5.74) is 7.28. The molecule has 0 spiro atoms. The molecule has 2 aromatic rings. The molecule has 21 heavy (non-hydrogen) atoms. The molecule has 0 saturated carbocycles. The molecule has 2 aromatic carbocycles. The highest BCUT2D eigenvalue weighted by atomic mass is 19.1. The van der Waals surface area contributed by atoms with Crippen LogP contribution in [0.3, 0.4) is 0 Å². The zero-order valence-electron chi connectivity index (χ0n) is 12.6. The van der Waals surface area contributed by atoms with Crippen molar-refractivity contribution < 1.29 is 9.13 Å². The minimum atomic E-state index is -0.434. The number of halogens is 1. The summed E-state index contributed by atoms with van der Waals surface area (Å²) >= 11 is 0. The van der Waals surface area contributed by atoms with Crippen molar-refractivity contribution in [2.45, 2.75) is 25.7 Å². The maximum atomic E-state index is 14.1. The van der Waals surface area contributed by atoms with Gasteiger partial charge in [-0.15, -0.1) is 0 Å². The van der Waals surface area contributed by atoms with E-state index in [1.807, 2.05) is 50.2 Å². The maximum absolute atomic E-state index is 14.1. The SMILES string of the molecule is CCOc1cccc(CC(C)(CN)c2ccccc2F)c1. The van der Waals surface area contributed by atoms with Gasteiger partial charge in [0, 0.05) is 12.0 Å². The van der Waals surface area contributed by atoms with Gasteiger partial charge in [-0.05, 0) is 42.7 Å². The van der Waals surface area contributed by atoms with Gasteiger partial charge in [0.2, 0.25) is 0 Å². The zero-order chi connectivity index (χ0) is 15.3. The van der Waals surface area contributed by atoms with E-state index in [0.29, 0.717) is 25.1 Å². The molecule has 0 bridgehead atoms. The van der Waals surface area contributed by atoms with Gasteiger partial charge in [-0.25, -0.2) is 4.39 Å². The highest BCUT2D eigenvalue weighted by Gasteiger charge is 2.28. The maximum Gasteiger partial charge on any atom is 0.127 e. The topological polar surface area (TPSA) is 35.2 Å². The van der Waals surface area contributed by atoms with Crippen LogP contribution in [0, 0.1) is 5.82 Å². The van der Waals surface area contributed by atoms with Crippen LogP contribution in [-0.4, -0.2) is 13.2 Å². The summed E-state index contributed by atoms with van der Waals surface area (Å²) in [6.45, 7) is 4.96. The summed E-state index contributed by atoms with van der Waals surface area (Å²) in [5, 5.41) is 0. The molecule has 0 fully saturated rings. The first-order valence-corrected chi connectivity index (χ1v) is 7.26. The average Bonchev–Trinajstić information content (AvgIpc) is 2.48. The summed E-state index contributed by atoms with van der Waals surface area (Å²) < 4.78 is 19.6. The fourth-order valence-corrected chi connectivity index (χ4v) is 2.59. The molecule has 3 heteroatoms. The molecular formula is C18H22FNO. The van der Waals surface area contributed by atoms with Crippen LogP contribution >= 0.6 is 0 Å². The van der Waals surface area contributed by atoms with E-state index in [4.69, 9.17) is 10.5 Å². The van der Waals surface area contributed by atoms with E-state index in [1.165, 1.54) is 6.07 Å². The fourth-order valence-electron chi connectivity index (χ4n) is 2.59. The predicted molar refractivity (Wildman–Crippen MR) is 84.1 cm³/mol. The Kier molecular flexibility index (Phi) is 4.97. The lowest BCUT2D eigenvalue weighted by Crippen LogP contribution is -2.35. The van der Waals surface area contributed by atoms with Crippen molar-refractivity contribution in [1.82, 2.24) is 0 Å². The Balaban J connectivity index is 2.30. The summed E-state index contributed by atoms with van der Waals surface area (Å²) in [6, 6.07) is 14.8. The fraction of sp³-hybridized carbons (Fsp3) is 0.333. The van der Waals surface area contributed by atoms with Crippen molar-refractivity contribution in [2.24, 2.45) is 5.73 Å². The number of hydrogen-bond donors (Lipinski definition) is 1. The van der Waals surface area contributed by atoms with Crippen LogP contribution in [0.5, 0.6) is 5.75 Å². The number of nitrogens with two attached hydrogens (primary N) is 1. The van der Waals surface area contributed by atoms with Crippen LogP contribution in [0.1, 0.15) is 25.0 Å². The molecule has 0 heterocycles. The van der Waals surface area contributed by atoms with Gasteiger partial charge >= 0.3 is 0 Å². The Labute approximate surface area is 125 Å². The lowest BCUT2D eigenvalue weighted by molar-refractivity contribution is 0.339. The minimum Gasteiger partial charge on any atom is -0.494 e. The molecule has 1 unspecified atom stereocenters. The van der Waals surface area contributed by atoms with E-state index < -0.39 is 5.41 Å². The lowest BCUT2D eigenvalue weighted by Gasteiger charge is -2.29. The van der Waals surface area contributed by atoms with Gasteiger partial charge in [-0.2, -0.15) is 0 Å². The molecule has 0 radical (unpaired) electrons. The van der Waals surface area contributed by atoms with Gasteiger partial charge in [0.1, 0.15) is 11.6 Å². The van der Waals surface area contributed by atoms with Gasteiger partial charge in [-0.1, -0.05) is 37.3 Å². The van der Waals surface area contributed by atoms with E-state index in [9.17, 15) is 4.39 Å².